The molecule has 3 rings (SSSR count). The third-order valence-corrected chi connectivity index (χ3v) is 5.80. The van der Waals surface area contributed by atoms with E-state index in [0.717, 1.165) is 32.0 Å². The summed E-state index contributed by atoms with van der Waals surface area (Å²) >= 11 is 0. The third-order valence-electron chi connectivity index (χ3n) is 5.80. The van der Waals surface area contributed by atoms with Gasteiger partial charge in [0, 0.05) is 44.6 Å². The van der Waals surface area contributed by atoms with E-state index >= 15 is 0 Å². The number of fused-ring (bicyclic) bond motifs is 2. The molecule has 1 N–H and O–H groups in total. The van der Waals surface area contributed by atoms with Gasteiger partial charge < -0.3 is 15.0 Å². The van der Waals surface area contributed by atoms with E-state index in [0.29, 0.717) is 23.5 Å². The van der Waals surface area contributed by atoms with Gasteiger partial charge in [0.2, 0.25) is 0 Å². The van der Waals surface area contributed by atoms with Crippen molar-refractivity contribution >= 4 is 5.96 Å². The van der Waals surface area contributed by atoms with Crippen molar-refractivity contribution in [2.45, 2.75) is 50.7 Å². The van der Waals surface area contributed by atoms with E-state index in [4.69, 9.17) is 4.74 Å². The lowest BCUT2D eigenvalue weighted by molar-refractivity contribution is -0.171. The van der Waals surface area contributed by atoms with Gasteiger partial charge in [-0.2, -0.15) is 0 Å². The molecule has 1 heterocycles. The Morgan fingerprint density at radius 1 is 1.52 bits per heavy atom. The SMILES string of the molecule is C=CCCCN(C)C(=NC)NC1C2CCOC2C12CCC2. The molecule has 2 saturated carbocycles. The molecule has 2 aliphatic carbocycles. The maximum atomic E-state index is 5.99. The molecule has 0 aromatic rings. The van der Waals surface area contributed by atoms with E-state index in [1.807, 2.05) is 13.1 Å². The van der Waals surface area contributed by atoms with Gasteiger partial charge in [0.05, 0.1) is 6.10 Å². The maximum absolute atomic E-state index is 5.99. The van der Waals surface area contributed by atoms with Crippen molar-refractivity contribution < 1.29 is 4.74 Å². The molecule has 0 amide bonds. The molecule has 3 atom stereocenters. The van der Waals surface area contributed by atoms with Crippen molar-refractivity contribution in [3.63, 3.8) is 0 Å². The third kappa shape index (κ3) is 2.37. The number of allylic oxidation sites excluding steroid dienone is 1. The van der Waals surface area contributed by atoms with E-state index < -0.39 is 0 Å². The molecule has 4 nitrogen and oxygen atoms in total. The van der Waals surface area contributed by atoms with Crippen LogP contribution in [0.3, 0.4) is 0 Å². The normalized spacial score (nSPS) is 33.0. The molecule has 21 heavy (non-hydrogen) atoms. The molecule has 3 aliphatic rings. The van der Waals surface area contributed by atoms with Crippen LogP contribution in [0.2, 0.25) is 0 Å². The maximum Gasteiger partial charge on any atom is 0.193 e. The van der Waals surface area contributed by atoms with Crippen molar-refractivity contribution in [3.05, 3.63) is 12.7 Å². The first-order valence-electron chi connectivity index (χ1n) is 8.40. The van der Waals surface area contributed by atoms with Gasteiger partial charge in [0.15, 0.2) is 5.96 Å². The number of hydrogen-bond donors (Lipinski definition) is 1. The van der Waals surface area contributed by atoms with Gasteiger partial charge in [-0.15, -0.1) is 6.58 Å². The number of ether oxygens (including phenoxy) is 1. The van der Waals surface area contributed by atoms with Crippen LogP contribution in [0.1, 0.15) is 38.5 Å². The first-order chi connectivity index (χ1) is 10.2. The first-order valence-corrected chi connectivity index (χ1v) is 8.40. The van der Waals surface area contributed by atoms with Gasteiger partial charge in [0.25, 0.3) is 0 Å². The smallest absolute Gasteiger partial charge is 0.193 e. The molecular formula is C17H29N3O. The van der Waals surface area contributed by atoms with Crippen LogP contribution in [-0.4, -0.2) is 50.3 Å². The van der Waals surface area contributed by atoms with Crippen LogP contribution in [0.4, 0.5) is 0 Å². The number of nitrogens with one attached hydrogen (secondary N) is 1. The summed E-state index contributed by atoms with van der Waals surface area (Å²) in [4.78, 5) is 6.74. The summed E-state index contributed by atoms with van der Waals surface area (Å²) in [6.45, 7) is 5.76. The predicted octanol–water partition coefficient (Wildman–Crippen LogP) is 2.42. The van der Waals surface area contributed by atoms with E-state index in [9.17, 15) is 0 Å². The summed E-state index contributed by atoms with van der Waals surface area (Å²) in [5.41, 5.74) is 0.416. The number of aliphatic imine (C=N–C) groups is 1. The van der Waals surface area contributed by atoms with E-state index in [1.165, 1.54) is 25.7 Å². The zero-order valence-corrected chi connectivity index (χ0v) is 13.5. The van der Waals surface area contributed by atoms with Crippen molar-refractivity contribution in [2.75, 3.05) is 27.2 Å². The zero-order valence-electron chi connectivity index (χ0n) is 13.5. The fraction of sp³-hybridized carbons (Fsp3) is 0.824. The Morgan fingerprint density at radius 2 is 2.33 bits per heavy atom. The standard InChI is InChI=1S/C17H29N3O/c1-4-5-6-11-20(3)16(18-2)19-14-13-8-12-21-15(13)17(14)9-7-10-17/h4,13-15H,1,5-12H2,2-3H3,(H,18,19). The number of guanidine groups is 1. The van der Waals surface area contributed by atoms with Gasteiger partial charge in [-0.3, -0.25) is 4.99 Å². The van der Waals surface area contributed by atoms with Gasteiger partial charge in [-0.05, 0) is 32.1 Å². The molecule has 0 radical (unpaired) electrons. The molecule has 4 heteroatoms. The van der Waals surface area contributed by atoms with Crippen LogP contribution < -0.4 is 5.32 Å². The fourth-order valence-electron chi connectivity index (χ4n) is 4.52. The van der Waals surface area contributed by atoms with Gasteiger partial charge in [-0.25, -0.2) is 0 Å². The van der Waals surface area contributed by atoms with Crippen molar-refractivity contribution in [1.82, 2.24) is 10.2 Å². The van der Waals surface area contributed by atoms with Gasteiger partial charge in [0.1, 0.15) is 0 Å². The van der Waals surface area contributed by atoms with E-state index in [1.54, 1.807) is 0 Å². The number of rotatable bonds is 5. The molecule has 1 saturated heterocycles. The molecule has 118 valence electrons. The van der Waals surface area contributed by atoms with Gasteiger partial charge in [-0.1, -0.05) is 12.5 Å². The number of unbranched alkanes of at least 4 members (excludes halogenated alkanes) is 1. The number of nitrogens with zero attached hydrogens (tertiary/aromatic N) is 2. The van der Waals surface area contributed by atoms with Gasteiger partial charge >= 0.3 is 0 Å². The topological polar surface area (TPSA) is 36.9 Å². The summed E-state index contributed by atoms with van der Waals surface area (Å²) in [6, 6.07) is 0.569. The molecule has 0 aromatic carbocycles. The van der Waals surface area contributed by atoms with Crippen LogP contribution in [0, 0.1) is 11.3 Å². The average molecular weight is 291 g/mol. The molecular weight excluding hydrogens is 262 g/mol. The second kappa shape index (κ2) is 5.99. The first kappa shape index (κ1) is 14.9. The Bertz CT molecular complexity index is 416. The minimum absolute atomic E-state index is 0.416. The van der Waals surface area contributed by atoms with E-state index in [2.05, 4.69) is 28.8 Å². The Labute approximate surface area is 128 Å². The lowest BCUT2D eigenvalue weighted by atomic mass is 9.46. The van der Waals surface area contributed by atoms with Crippen molar-refractivity contribution in [3.8, 4) is 0 Å². The van der Waals surface area contributed by atoms with Crippen molar-refractivity contribution in [1.29, 1.82) is 0 Å². The molecule has 3 fully saturated rings. The summed E-state index contributed by atoms with van der Waals surface area (Å²) in [5, 5.41) is 3.76. The predicted molar refractivity (Wildman–Crippen MR) is 86.5 cm³/mol. The fourth-order valence-corrected chi connectivity index (χ4v) is 4.52. The van der Waals surface area contributed by atoms with E-state index in [-0.39, 0.29) is 0 Å². The summed E-state index contributed by atoms with van der Waals surface area (Å²) in [6.07, 6.45) is 9.91. The lowest BCUT2D eigenvalue weighted by Gasteiger charge is -2.63. The zero-order chi connectivity index (χ0) is 14.9. The molecule has 3 unspecified atom stereocenters. The van der Waals surface area contributed by atoms with Crippen molar-refractivity contribution in [2.24, 2.45) is 16.3 Å². The van der Waals surface area contributed by atoms with Crippen LogP contribution >= 0.6 is 0 Å². The summed E-state index contributed by atoms with van der Waals surface area (Å²) < 4.78 is 5.99. The van der Waals surface area contributed by atoms with Crippen LogP contribution in [0.25, 0.3) is 0 Å². The monoisotopic (exact) mass is 291 g/mol. The Kier molecular flexibility index (Phi) is 4.25. The second-order valence-corrected chi connectivity index (χ2v) is 6.85. The minimum atomic E-state index is 0.416. The number of hydrogen-bond acceptors (Lipinski definition) is 2. The Balaban J connectivity index is 1.60. The highest BCUT2D eigenvalue weighted by Gasteiger charge is 2.66. The quantitative estimate of drug-likeness (QED) is 0.366. The highest BCUT2D eigenvalue weighted by Crippen LogP contribution is 2.62. The Hall–Kier alpha value is -1.03. The molecule has 0 aromatic heterocycles. The summed E-state index contributed by atoms with van der Waals surface area (Å²) in [5.74, 6) is 1.74. The highest BCUT2D eigenvalue weighted by molar-refractivity contribution is 5.80. The lowest BCUT2D eigenvalue weighted by Crippen LogP contribution is -2.72. The average Bonchev–Trinajstić information content (AvgIpc) is 2.83. The molecule has 1 aliphatic heterocycles. The molecule has 0 bridgehead atoms. The Morgan fingerprint density at radius 3 is 2.95 bits per heavy atom. The largest absolute Gasteiger partial charge is 0.377 e. The second-order valence-electron chi connectivity index (χ2n) is 6.85. The molecule has 1 spiro atoms. The van der Waals surface area contributed by atoms with Crippen LogP contribution in [0.5, 0.6) is 0 Å². The minimum Gasteiger partial charge on any atom is -0.377 e. The highest BCUT2D eigenvalue weighted by atomic mass is 16.5. The van der Waals surface area contributed by atoms with Crippen LogP contribution in [-0.2, 0) is 4.74 Å². The van der Waals surface area contributed by atoms with Crippen LogP contribution in [0.15, 0.2) is 17.6 Å². The summed E-state index contributed by atoms with van der Waals surface area (Å²) in [7, 11) is 4.02.